The van der Waals surface area contributed by atoms with Gasteiger partial charge in [0, 0.05) is 19.7 Å². The molecule has 2 saturated heterocycles. The van der Waals surface area contributed by atoms with Gasteiger partial charge in [-0.1, -0.05) is 0 Å². The molecule has 0 aromatic rings. The Kier molecular flexibility index (Phi) is 4.01. The van der Waals surface area contributed by atoms with Crippen molar-refractivity contribution in [3.63, 3.8) is 0 Å². The highest BCUT2D eigenvalue weighted by atomic mass is 16.5. The lowest BCUT2D eigenvalue weighted by Crippen LogP contribution is -2.49. The Morgan fingerprint density at radius 3 is 3.06 bits per heavy atom. The first-order chi connectivity index (χ1) is 7.79. The summed E-state index contributed by atoms with van der Waals surface area (Å²) < 4.78 is 5.23. The zero-order valence-electron chi connectivity index (χ0n) is 9.65. The van der Waals surface area contributed by atoms with Gasteiger partial charge in [0.05, 0.1) is 12.6 Å². The molecule has 16 heavy (non-hydrogen) atoms. The second-order valence-electron chi connectivity index (χ2n) is 4.70. The average molecular weight is 227 g/mol. The summed E-state index contributed by atoms with van der Waals surface area (Å²) in [4.78, 5) is 13.8. The Morgan fingerprint density at radius 2 is 2.38 bits per heavy atom. The van der Waals surface area contributed by atoms with E-state index in [4.69, 9.17) is 10.5 Å². The van der Waals surface area contributed by atoms with Gasteiger partial charge in [-0.15, -0.1) is 0 Å². The van der Waals surface area contributed by atoms with Gasteiger partial charge in [0.15, 0.2) is 0 Å². The van der Waals surface area contributed by atoms with Crippen LogP contribution in [0.1, 0.15) is 19.3 Å². The number of piperidine rings is 1. The molecular formula is C11H21N3O2. The summed E-state index contributed by atoms with van der Waals surface area (Å²) in [5, 5.41) is 3.01. The number of ether oxygens (including phenoxy) is 1. The summed E-state index contributed by atoms with van der Waals surface area (Å²) in [6, 6.07) is 0.249. The van der Waals surface area contributed by atoms with Crippen LogP contribution in [0.5, 0.6) is 0 Å². The van der Waals surface area contributed by atoms with Crippen LogP contribution in [0.25, 0.3) is 0 Å². The highest BCUT2D eigenvalue weighted by Gasteiger charge is 2.25. The number of amides is 2. The number of rotatable bonds is 2. The van der Waals surface area contributed by atoms with Crippen LogP contribution in [0.3, 0.4) is 0 Å². The van der Waals surface area contributed by atoms with Gasteiger partial charge in [-0.25, -0.2) is 4.79 Å². The van der Waals surface area contributed by atoms with Crippen molar-refractivity contribution in [1.82, 2.24) is 10.2 Å². The molecule has 0 radical (unpaired) electrons. The zero-order chi connectivity index (χ0) is 11.4. The van der Waals surface area contributed by atoms with Crippen molar-refractivity contribution in [2.45, 2.75) is 25.3 Å². The van der Waals surface area contributed by atoms with Crippen molar-refractivity contribution >= 4 is 6.03 Å². The van der Waals surface area contributed by atoms with E-state index in [2.05, 4.69) is 5.32 Å². The van der Waals surface area contributed by atoms with Gasteiger partial charge in [-0.2, -0.15) is 0 Å². The van der Waals surface area contributed by atoms with Crippen LogP contribution in [-0.2, 0) is 4.74 Å². The standard InChI is InChI=1S/C11H21N3O2/c12-6-9-2-1-4-14(7-9)11(15)13-10-3-5-16-8-10/h9-10H,1-8,12H2,(H,13,15). The predicted molar refractivity (Wildman–Crippen MR) is 61.1 cm³/mol. The Labute approximate surface area is 96.3 Å². The third-order valence-electron chi connectivity index (χ3n) is 3.40. The van der Waals surface area contributed by atoms with Crippen LogP contribution >= 0.6 is 0 Å². The maximum Gasteiger partial charge on any atom is 0.317 e. The molecule has 0 aliphatic carbocycles. The Hall–Kier alpha value is -0.810. The van der Waals surface area contributed by atoms with Crippen molar-refractivity contribution in [3.8, 4) is 0 Å². The number of nitrogens with one attached hydrogen (secondary N) is 1. The predicted octanol–water partition coefficient (Wildman–Crippen LogP) is 0.156. The van der Waals surface area contributed by atoms with Crippen LogP contribution in [0.2, 0.25) is 0 Å². The van der Waals surface area contributed by atoms with Crippen LogP contribution in [0.4, 0.5) is 4.79 Å². The SMILES string of the molecule is NCC1CCCN(C(=O)NC2CCOC2)C1. The molecule has 2 fully saturated rings. The van der Waals surface area contributed by atoms with E-state index in [1.54, 1.807) is 0 Å². The summed E-state index contributed by atoms with van der Waals surface area (Å²) in [6.45, 7) is 3.75. The van der Waals surface area contributed by atoms with E-state index in [0.29, 0.717) is 19.1 Å². The van der Waals surface area contributed by atoms with Crippen LogP contribution in [0.15, 0.2) is 0 Å². The quantitative estimate of drug-likeness (QED) is 0.706. The number of carbonyl (C=O) groups excluding carboxylic acids is 1. The van der Waals surface area contributed by atoms with Gasteiger partial charge < -0.3 is 20.7 Å². The van der Waals surface area contributed by atoms with Gasteiger partial charge in [-0.3, -0.25) is 0 Å². The Morgan fingerprint density at radius 1 is 1.50 bits per heavy atom. The molecular weight excluding hydrogens is 206 g/mol. The van der Waals surface area contributed by atoms with E-state index >= 15 is 0 Å². The molecule has 0 aromatic carbocycles. The minimum absolute atomic E-state index is 0.0497. The molecule has 0 bridgehead atoms. The Bertz CT molecular complexity index is 241. The van der Waals surface area contributed by atoms with Crippen molar-refractivity contribution in [2.24, 2.45) is 11.7 Å². The lowest BCUT2D eigenvalue weighted by Gasteiger charge is -2.32. The third-order valence-corrected chi connectivity index (χ3v) is 3.40. The molecule has 92 valence electrons. The van der Waals surface area contributed by atoms with Crippen LogP contribution in [-0.4, -0.2) is 49.8 Å². The fourth-order valence-corrected chi connectivity index (χ4v) is 2.36. The molecule has 2 amide bonds. The summed E-state index contributed by atoms with van der Waals surface area (Å²) >= 11 is 0. The molecule has 2 aliphatic heterocycles. The number of nitrogens with zero attached hydrogens (tertiary/aromatic N) is 1. The van der Waals surface area contributed by atoms with Gasteiger partial charge >= 0.3 is 6.03 Å². The van der Waals surface area contributed by atoms with Gasteiger partial charge in [0.25, 0.3) is 0 Å². The topological polar surface area (TPSA) is 67.6 Å². The molecule has 2 aliphatic rings. The largest absolute Gasteiger partial charge is 0.379 e. The fourth-order valence-electron chi connectivity index (χ4n) is 2.36. The second-order valence-corrected chi connectivity index (χ2v) is 4.70. The number of likely N-dealkylation sites (tertiary alicyclic amines) is 1. The molecule has 5 nitrogen and oxygen atoms in total. The Balaban J connectivity index is 1.79. The van der Waals surface area contributed by atoms with E-state index in [0.717, 1.165) is 39.0 Å². The molecule has 2 rings (SSSR count). The number of carbonyl (C=O) groups is 1. The monoisotopic (exact) mass is 227 g/mol. The average Bonchev–Trinajstić information content (AvgIpc) is 2.82. The van der Waals surface area contributed by atoms with Gasteiger partial charge in [0.2, 0.25) is 0 Å². The first-order valence-electron chi connectivity index (χ1n) is 6.13. The highest BCUT2D eigenvalue weighted by molar-refractivity contribution is 5.74. The zero-order valence-corrected chi connectivity index (χ0v) is 9.65. The van der Waals surface area contributed by atoms with Crippen molar-refractivity contribution in [2.75, 3.05) is 32.8 Å². The summed E-state index contributed by atoms with van der Waals surface area (Å²) in [7, 11) is 0. The smallest absolute Gasteiger partial charge is 0.317 e. The molecule has 2 heterocycles. The summed E-state index contributed by atoms with van der Waals surface area (Å²) in [5.41, 5.74) is 5.65. The molecule has 3 N–H and O–H groups in total. The molecule has 2 atom stereocenters. The number of hydrogen-bond donors (Lipinski definition) is 2. The summed E-state index contributed by atoms with van der Waals surface area (Å²) in [5.74, 6) is 0.472. The normalized spacial score (nSPS) is 30.4. The number of hydrogen-bond acceptors (Lipinski definition) is 3. The van der Waals surface area contributed by atoms with Crippen molar-refractivity contribution in [1.29, 1.82) is 0 Å². The molecule has 0 aromatic heterocycles. The lowest BCUT2D eigenvalue weighted by molar-refractivity contribution is 0.158. The fraction of sp³-hybridized carbons (Fsp3) is 0.909. The second kappa shape index (κ2) is 5.50. The minimum Gasteiger partial charge on any atom is -0.379 e. The number of nitrogens with two attached hydrogens (primary N) is 1. The van der Waals surface area contributed by atoms with Gasteiger partial charge in [-0.05, 0) is 31.7 Å². The van der Waals surface area contributed by atoms with E-state index in [1.807, 2.05) is 4.90 Å². The molecule has 2 unspecified atom stereocenters. The van der Waals surface area contributed by atoms with E-state index in [1.165, 1.54) is 0 Å². The summed E-state index contributed by atoms with van der Waals surface area (Å²) in [6.07, 6.45) is 3.14. The van der Waals surface area contributed by atoms with Crippen molar-refractivity contribution < 1.29 is 9.53 Å². The first kappa shape index (κ1) is 11.7. The maximum absolute atomic E-state index is 11.9. The van der Waals surface area contributed by atoms with Crippen LogP contribution < -0.4 is 11.1 Å². The highest BCUT2D eigenvalue weighted by Crippen LogP contribution is 2.15. The molecule has 0 saturated carbocycles. The number of urea groups is 1. The van der Waals surface area contributed by atoms with Crippen LogP contribution in [0, 0.1) is 5.92 Å². The van der Waals surface area contributed by atoms with Gasteiger partial charge in [0.1, 0.15) is 0 Å². The van der Waals surface area contributed by atoms with E-state index in [9.17, 15) is 4.79 Å². The van der Waals surface area contributed by atoms with E-state index < -0.39 is 0 Å². The van der Waals surface area contributed by atoms with E-state index in [-0.39, 0.29) is 12.1 Å². The van der Waals surface area contributed by atoms with Crippen molar-refractivity contribution in [3.05, 3.63) is 0 Å². The minimum atomic E-state index is 0.0497. The lowest BCUT2D eigenvalue weighted by atomic mass is 9.99. The first-order valence-corrected chi connectivity index (χ1v) is 6.13. The molecule has 0 spiro atoms. The maximum atomic E-state index is 11.9. The molecule has 5 heteroatoms. The third kappa shape index (κ3) is 2.86.